The van der Waals surface area contributed by atoms with Gasteiger partial charge in [0.2, 0.25) is 0 Å². The second kappa shape index (κ2) is 6.95. The molecule has 2 amide bonds. The molecule has 2 rings (SSSR count). The minimum absolute atomic E-state index is 0.0759. The second-order valence-corrected chi connectivity index (χ2v) is 4.70. The van der Waals surface area contributed by atoms with E-state index in [0.29, 0.717) is 11.3 Å². The summed E-state index contributed by atoms with van der Waals surface area (Å²) >= 11 is 0. The van der Waals surface area contributed by atoms with Crippen LogP contribution in [0.15, 0.2) is 54.6 Å². The van der Waals surface area contributed by atoms with Crippen molar-refractivity contribution in [2.45, 2.75) is 6.18 Å². The molecule has 0 aliphatic heterocycles. The van der Waals surface area contributed by atoms with Gasteiger partial charge in [0.15, 0.2) is 0 Å². The minimum Gasteiger partial charge on any atom is -0.343 e. The first-order valence-electron chi connectivity index (χ1n) is 6.66. The highest BCUT2D eigenvalue weighted by atomic mass is 19.4. The van der Waals surface area contributed by atoms with Crippen molar-refractivity contribution in [2.75, 3.05) is 11.9 Å². The maximum Gasteiger partial charge on any atom is 0.405 e. The van der Waals surface area contributed by atoms with Crippen LogP contribution >= 0.6 is 0 Å². The van der Waals surface area contributed by atoms with Gasteiger partial charge < -0.3 is 10.6 Å². The number of rotatable bonds is 4. The van der Waals surface area contributed by atoms with Gasteiger partial charge in [-0.3, -0.25) is 9.59 Å². The summed E-state index contributed by atoms with van der Waals surface area (Å²) in [5.41, 5.74) is 0.984. The average molecular weight is 322 g/mol. The van der Waals surface area contributed by atoms with Crippen LogP contribution in [0.25, 0.3) is 0 Å². The third-order valence-corrected chi connectivity index (χ3v) is 2.89. The van der Waals surface area contributed by atoms with Crippen LogP contribution in [0.2, 0.25) is 0 Å². The molecular weight excluding hydrogens is 309 g/mol. The molecule has 0 aliphatic rings. The number of hydrogen-bond acceptors (Lipinski definition) is 2. The Kier molecular flexibility index (Phi) is 5.00. The highest BCUT2D eigenvalue weighted by molar-refractivity contribution is 6.04. The summed E-state index contributed by atoms with van der Waals surface area (Å²) < 4.78 is 36.1. The number of anilines is 1. The molecule has 120 valence electrons. The summed E-state index contributed by atoms with van der Waals surface area (Å²) in [7, 11) is 0. The van der Waals surface area contributed by atoms with Crippen molar-refractivity contribution in [3.8, 4) is 0 Å². The van der Waals surface area contributed by atoms with Crippen molar-refractivity contribution >= 4 is 17.5 Å². The van der Waals surface area contributed by atoms with Crippen molar-refractivity contribution < 1.29 is 22.8 Å². The molecule has 0 aliphatic carbocycles. The van der Waals surface area contributed by atoms with Crippen LogP contribution < -0.4 is 10.6 Å². The van der Waals surface area contributed by atoms with Gasteiger partial charge in [0.25, 0.3) is 11.8 Å². The molecule has 7 heteroatoms. The first kappa shape index (κ1) is 16.5. The molecular formula is C16H13F3N2O2. The Balaban J connectivity index is 1.97. The molecule has 0 fully saturated rings. The van der Waals surface area contributed by atoms with Crippen LogP contribution in [-0.2, 0) is 0 Å². The maximum atomic E-state index is 12.0. The van der Waals surface area contributed by atoms with Crippen molar-refractivity contribution in [2.24, 2.45) is 0 Å². The lowest BCUT2D eigenvalue weighted by atomic mass is 10.1. The third-order valence-electron chi connectivity index (χ3n) is 2.89. The molecule has 0 heterocycles. The summed E-state index contributed by atoms with van der Waals surface area (Å²) in [6.07, 6.45) is -4.46. The fourth-order valence-electron chi connectivity index (χ4n) is 1.78. The number of benzene rings is 2. The van der Waals surface area contributed by atoms with Crippen LogP contribution in [0.4, 0.5) is 18.9 Å². The Morgan fingerprint density at radius 3 is 1.96 bits per heavy atom. The normalized spacial score (nSPS) is 10.9. The summed E-state index contributed by atoms with van der Waals surface area (Å²) in [4.78, 5) is 23.5. The zero-order valence-electron chi connectivity index (χ0n) is 11.9. The smallest absolute Gasteiger partial charge is 0.343 e. The number of nitrogens with one attached hydrogen (secondary N) is 2. The van der Waals surface area contributed by atoms with Gasteiger partial charge in [-0.25, -0.2) is 0 Å². The Bertz CT molecular complexity index is 683. The van der Waals surface area contributed by atoms with E-state index in [1.165, 1.54) is 24.3 Å². The number of carbonyl (C=O) groups excluding carboxylic acids is 2. The lowest BCUT2D eigenvalue weighted by molar-refractivity contribution is -0.123. The quantitative estimate of drug-likeness (QED) is 0.908. The van der Waals surface area contributed by atoms with Crippen LogP contribution in [-0.4, -0.2) is 24.5 Å². The summed E-state index contributed by atoms with van der Waals surface area (Å²) in [6.45, 7) is -1.39. The fourth-order valence-corrected chi connectivity index (χ4v) is 1.78. The van der Waals surface area contributed by atoms with E-state index in [4.69, 9.17) is 0 Å². The topological polar surface area (TPSA) is 58.2 Å². The number of halogens is 3. The lowest BCUT2D eigenvalue weighted by Gasteiger charge is -2.09. The summed E-state index contributed by atoms with van der Waals surface area (Å²) in [5, 5.41) is 4.40. The molecule has 0 saturated carbocycles. The lowest BCUT2D eigenvalue weighted by Crippen LogP contribution is -2.33. The molecule has 0 saturated heterocycles. The number of hydrogen-bond donors (Lipinski definition) is 2. The Morgan fingerprint density at radius 2 is 1.39 bits per heavy atom. The van der Waals surface area contributed by atoms with E-state index >= 15 is 0 Å². The van der Waals surface area contributed by atoms with E-state index in [0.717, 1.165) is 0 Å². The zero-order chi connectivity index (χ0) is 16.9. The van der Waals surface area contributed by atoms with Gasteiger partial charge in [-0.1, -0.05) is 18.2 Å². The van der Waals surface area contributed by atoms with Crippen molar-refractivity contribution in [3.63, 3.8) is 0 Å². The monoisotopic (exact) mass is 322 g/mol. The van der Waals surface area contributed by atoms with Gasteiger partial charge in [0.1, 0.15) is 6.54 Å². The molecule has 0 bridgehead atoms. The summed E-state index contributed by atoms with van der Waals surface area (Å²) in [5.74, 6) is -1.15. The fraction of sp³-hybridized carbons (Fsp3) is 0.125. The van der Waals surface area contributed by atoms with Crippen LogP contribution in [0.3, 0.4) is 0 Å². The van der Waals surface area contributed by atoms with Gasteiger partial charge in [-0.15, -0.1) is 0 Å². The highest BCUT2D eigenvalue weighted by Gasteiger charge is 2.27. The van der Waals surface area contributed by atoms with Gasteiger partial charge in [-0.2, -0.15) is 13.2 Å². The Hall–Kier alpha value is -2.83. The molecule has 2 aromatic carbocycles. The molecule has 0 atom stereocenters. The largest absolute Gasteiger partial charge is 0.405 e. The molecule has 2 N–H and O–H groups in total. The standard InChI is InChI=1S/C16H13F3N2O2/c17-16(18,19)10-20-14(22)12-6-8-13(9-7-12)21-15(23)11-4-2-1-3-5-11/h1-9H,10H2,(H,20,22)(H,21,23). The van der Waals surface area contributed by atoms with Crippen molar-refractivity contribution in [3.05, 3.63) is 65.7 Å². The van der Waals surface area contributed by atoms with Crippen LogP contribution in [0, 0.1) is 0 Å². The Labute approximate surface area is 130 Å². The van der Waals surface area contributed by atoms with E-state index in [2.05, 4.69) is 5.32 Å². The van der Waals surface area contributed by atoms with Gasteiger partial charge in [-0.05, 0) is 36.4 Å². The molecule has 0 radical (unpaired) electrons. The number of carbonyl (C=O) groups is 2. The number of alkyl halides is 3. The second-order valence-electron chi connectivity index (χ2n) is 4.70. The van der Waals surface area contributed by atoms with E-state index < -0.39 is 18.6 Å². The first-order valence-corrected chi connectivity index (χ1v) is 6.66. The molecule has 0 spiro atoms. The van der Waals surface area contributed by atoms with E-state index in [9.17, 15) is 22.8 Å². The zero-order valence-corrected chi connectivity index (χ0v) is 11.9. The van der Waals surface area contributed by atoms with E-state index in [1.54, 1.807) is 35.6 Å². The van der Waals surface area contributed by atoms with Crippen molar-refractivity contribution in [1.82, 2.24) is 5.32 Å². The predicted octanol–water partition coefficient (Wildman–Crippen LogP) is 3.23. The predicted molar refractivity (Wildman–Crippen MR) is 79.2 cm³/mol. The van der Waals surface area contributed by atoms with Crippen LogP contribution in [0.5, 0.6) is 0 Å². The average Bonchev–Trinajstić information content (AvgIpc) is 2.53. The first-order chi connectivity index (χ1) is 10.8. The minimum atomic E-state index is -4.46. The molecule has 2 aromatic rings. The highest BCUT2D eigenvalue weighted by Crippen LogP contribution is 2.14. The molecule has 23 heavy (non-hydrogen) atoms. The molecule has 0 aromatic heterocycles. The summed E-state index contributed by atoms with van der Waals surface area (Å²) in [6, 6.07) is 14.1. The van der Waals surface area contributed by atoms with Crippen LogP contribution in [0.1, 0.15) is 20.7 Å². The van der Waals surface area contributed by atoms with Crippen molar-refractivity contribution in [1.29, 1.82) is 0 Å². The number of amides is 2. The van der Waals surface area contributed by atoms with E-state index in [-0.39, 0.29) is 11.5 Å². The third kappa shape index (κ3) is 5.14. The van der Waals surface area contributed by atoms with Gasteiger partial charge in [0, 0.05) is 16.8 Å². The van der Waals surface area contributed by atoms with Gasteiger partial charge >= 0.3 is 6.18 Å². The molecule has 0 unspecified atom stereocenters. The maximum absolute atomic E-state index is 12.0. The Morgan fingerprint density at radius 1 is 0.826 bits per heavy atom. The van der Waals surface area contributed by atoms with Gasteiger partial charge in [0.05, 0.1) is 0 Å². The van der Waals surface area contributed by atoms with E-state index in [1.807, 2.05) is 0 Å². The SMILES string of the molecule is O=C(NCC(F)(F)F)c1ccc(NC(=O)c2ccccc2)cc1. The molecule has 4 nitrogen and oxygen atoms in total.